The van der Waals surface area contributed by atoms with Crippen LogP contribution in [0, 0.1) is 0 Å². The molecule has 0 aliphatic carbocycles. The summed E-state index contributed by atoms with van der Waals surface area (Å²) in [5.74, 6) is 0. The summed E-state index contributed by atoms with van der Waals surface area (Å²) in [5.41, 5.74) is 11.0. The molecule has 0 amide bonds. The summed E-state index contributed by atoms with van der Waals surface area (Å²) in [6, 6.07) is 55.0. The van der Waals surface area contributed by atoms with Gasteiger partial charge in [-0.15, -0.1) is 0 Å². The minimum atomic E-state index is 1.17. The second kappa shape index (κ2) is 9.58. The first-order valence-electron chi connectivity index (χ1n) is 14.6. The predicted molar refractivity (Wildman–Crippen MR) is 192 cm³/mol. The fourth-order valence-electron chi connectivity index (χ4n) is 6.92. The lowest BCUT2D eigenvalue weighted by atomic mass is 9.99. The minimum Gasteiger partial charge on any atom is -0.309 e. The number of para-hydroxylation sites is 2. The Labute approximate surface area is 262 Å². The Morgan fingerprint density at radius 1 is 0.372 bits per heavy atom. The van der Waals surface area contributed by atoms with Gasteiger partial charge in [-0.05, 0) is 46.5 Å². The normalized spacial score (nSPS) is 11.8. The molecule has 0 saturated carbocycles. The third-order valence-electron chi connectivity index (χ3n) is 8.81. The van der Waals surface area contributed by atoms with E-state index in [0.717, 1.165) is 0 Å². The molecule has 0 bridgehead atoms. The highest BCUT2D eigenvalue weighted by Gasteiger charge is 2.23. The van der Waals surface area contributed by atoms with Gasteiger partial charge in [-0.25, -0.2) is 0 Å². The summed E-state index contributed by atoms with van der Waals surface area (Å²) in [6.45, 7) is 0. The lowest BCUT2D eigenvalue weighted by Gasteiger charge is -2.13. The first-order valence-corrected chi connectivity index (χ1v) is 15.5. The Morgan fingerprint density at radius 3 is 1.58 bits per heavy atom. The second-order valence-electron chi connectivity index (χ2n) is 11.1. The van der Waals surface area contributed by atoms with Gasteiger partial charge in [-0.1, -0.05) is 127 Å². The van der Waals surface area contributed by atoms with Gasteiger partial charge in [0, 0.05) is 38.0 Å². The molecule has 2 heterocycles. The molecule has 0 atom stereocenters. The van der Waals surface area contributed by atoms with Crippen LogP contribution in [-0.4, -0.2) is 7.35 Å². The fraction of sp³-hybridized carbons (Fsp3) is 0. The molecule has 0 N–H and O–H groups in total. The van der Waals surface area contributed by atoms with Crippen LogP contribution >= 0.6 is 22.9 Å². The van der Waals surface area contributed by atoms with Crippen LogP contribution in [0.15, 0.2) is 152 Å². The topological polar surface area (TPSA) is 9.86 Å². The number of aromatic nitrogens is 2. The van der Waals surface area contributed by atoms with Crippen molar-refractivity contribution in [3.05, 3.63) is 152 Å². The van der Waals surface area contributed by atoms with Crippen LogP contribution in [0.2, 0.25) is 0 Å². The van der Waals surface area contributed by atoms with E-state index in [9.17, 15) is 0 Å². The van der Waals surface area contributed by atoms with Crippen LogP contribution in [-0.2, 0) is 0 Å². The van der Waals surface area contributed by atoms with Crippen molar-refractivity contribution >= 4 is 77.2 Å². The lowest BCUT2D eigenvalue weighted by molar-refractivity contribution is 1.19. The largest absolute Gasteiger partial charge is 0.309 e. The number of hydrogen-bond acceptors (Lipinski definition) is 0. The van der Waals surface area contributed by atoms with E-state index < -0.39 is 0 Å². The molecule has 3 heteroatoms. The maximum absolute atomic E-state index is 2.48. The third-order valence-corrected chi connectivity index (χ3v) is 9.81. The third kappa shape index (κ3) is 3.64. The number of fused-ring (bicyclic) bond motifs is 10. The van der Waals surface area contributed by atoms with E-state index in [4.69, 9.17) is 0 Å². The van der Waals surface area contributed by atoms with Crippen LogP contribution in [0.4, 0.5) is 0 Å². The average molecular weight is 661 g/mol. The monoisotopic (exact) mass is 660 g/mol. The zero-order valence-corrected chi connectivity index (χ0v) is 25.4. The zero-order valence-electron chi connectivity index (χ0n) is 23.2. The van der Waals surface area contributed by atoms with E-state index >= 15 is 0 Å². The van der Waals surface area contributed by atoms with Crippen molar-refractivity contribution < 1.29 is 0 Å². The molecule has 0 aliphatic rings. The van der Waals surface area contributed by atoms with E-state index in [-0.39, 0.29) is 0 Å². The first-order chi connectivity index (χ1) is 21.3. The molecule has 0 spiro atoms. The van der Waals surface area contributed by atoms with Crippen LogP contribution in [0.25, 0.3) is 82.3 Å². The molecule has 0 fully saturated rings. The summed E-state index contributed by atoms with van der Waals surface area (Å²) in [5, 5.41) is 7.73. The molecule has 2 aromatic heterocycles. The van der Waals surface area contributed by atoms with Crippen molar-refractivity contribution in [3.8, 4) is 27.9 Å². The quantitative estimate of drug-likeness (QED) is 0.167. The van der Waals surface area contributed by atoms with Crippen molar-refractivity contribution in [2.45, 2.75) is 0 Å². The standard InChI is InChI=1S/C40H25IN2/c41-43-36-20-9-7-18-34(36)38-37-33-17-6-8-19-35(33)42(39(37)31-15-4-5-16-32(31)40(38)43)30-14-10-13-29(25-30)28-23-21-27(22-24-28)26-11-2-1-3-12-26/h1-25H. The van der Waals surface area contributed by atoms with E-state index in [0.29, 0.717) is 0 Å². The van der Waals surface area contributed by atoms with Gasteiger partial charge in [-0.2, -0.15) is 0 Å². The summed E-state index contributed by atoms with van der Waals surface area (Å²) >= 11 is 2.48. The predicted octanol–water partition coefficient (Wildman–Crippen LogP) is 11.6. The van der Waals surface area contributed by atoms with Crippen molar-refractivity contribution in [1.82, 2.24) is 7.35 Å². The van der Waals surface area contributed by atoms with Crippen molar-refractivity contribution in [1.29, 1.82) is 0 Å². The van der Waals surface area contributed by atoms with Gasteiger partial charge in [0.15, 0.2) is 0 Å². The van der Waals surface area contributed by atoms with Crippen molar-refractivity contribution in [3.63, 3.8) is 0 Å². The molecule has 43 heavy (non-hydrogen) atoms. The van der Waals surface area contributed by atoms with Gasteiger partial charge in [0.25, 0.3) is 0 Å². The van der Waals surface area contributed by atoms with E-state index in [2.05, 4.69) is 182 Å². The molecule has 9 aromatic rings. The molecule has 9 rings (SSSR count). The average Bonchev–Trinajstić information content (AvgIpc) is 3.58. The second-order valence-corrected chi connectivity index (χ2v) is 12.1. The van der Waals surface area contributed by atoms with Crippen LogP contribution in [0.1, 0.15) is 0 Å². The Balaban J connectivity index is 1.35. The van der Waals surface area contributed by atoms with Crippen molar-refractivity contribution in [2.24, 2.45) is 0 Å². The van der Waals surface area contributed by atoms with Gasteiger partial charge < -0.3 is 4.57 Å². The molecular formula is C40H25IN2. The maximum atomic E-state index is 2.48. The zero-order chi connectivity index (χ0) is 28.5. The van der Waals surface area contributed by atoms with Gasteiger partial charge in [0.2, 0.25) is 0 Å². The smallest absolute Gasteiger partial charge is 0.0676 e. The Hall–Kier alpha value is -4.87. The van der Waals surface area contributed by atoms with Gasteiger partial charge >= 0.3 is 0 Å². The molecule has 7 aromatic carbocycles. The minimum absolute atomic E-state index is 1.17. The Bertz CT molecular complexity index is 2500. The highest BCUT2D eigenvalue weighted by atomic mass is 127. The molecule has 0 aliphatic heterocycles. The van der Waals surface area contributed by atoms with Gasteiger partial charge in [0.1, 0.15) is 0 Å². The van der Waals surface area contributed by atoms with E-state index in [1.165, 1.54) is 82.3 Å². The highest BCUT2D eigenvalue weighted by Crippen LogP contribution is 2.46. The molecule has 0 radical (unpaired) electrons. The lowest BCUT2D eigenvalue weighted by Crippen LogP contribution is -1.95. The molecule has 202 valence electrons. The Kier molecular flexibility index (Phi) is 5.50. The highest BCUT2D eigenvalue weighted by molar-refractivity contribution is 14.1. The number of rotatable bonds is 3. The molecular weight excluding hydrogens is 635 g/mol. The number of halogens is 1. The number of benzene rings is 7. The van der Waals surface area contributed by atoms with Crippen molar-refractivity contribution in [2.75, 3.05) is 0 Å². The number of hydrogen-bond donors (Lipinski definition) is 0. The summed E-state index contributed by atoms with van der Waals surface area (Å²) < 4.78 is 4.82. The summed E-state index contributed by atoms with van der Waals surface area (Å²) in [7, 11) is 0. The molecule has 0 saturated heterocycles. The van der Waals surface area contributed by atoms with Crippen LogP contribution in [0.5, 0.6) is 0 Å². The van der Waals surface area contributed by atoms with E-state index in [1.807, 2.05) is 0 Å². The maximum Gasteiger partial charge on any atom is 0.0676 e. The number of nitrogens with zero attached hydrogens (tertiary/aromatic N) is 2. The van der Waals surface area contributed by atoms with Gasteiger partial charge in [0.05, 0.1) is 44.9 Å². The van der Waals surface area contributed by atoms with E-state index in [1.54, 1.807) is 0 Å². The first kappa shape index (κ1) is 24.7. The molecule has 0 unspecified atom stereocenters. The summed E-state index contributed by atoms with van der Waals surface area (Å²) in [4.78, 5) is 0. The molecule has 2 nitrogen and oxygen atoms in total. The van der Waals surface area contributed by atoms with Crippen LogP contribution < -0.4 is 0 Å². The van der Waals surface area contributed by atoms with Crippen LogP contribution in [0.3, 0.4) is 0 Å². The van der Waals surface area contributed by atoms with Gasteiger partial charge in [-0.3, -0.25) is 2.78 Å². The summed E-state index contributed by atoms with van der Waals surface area (Å²) in [6.07, 6.45) is 0. The SMILES string of the molecule is In1c2ccccc2c2c3c4ccccc4n(-c4cccc(-c5ccc(-c6ccccc6)cc5)c4)c3c3ccccc3c21. The Morgan fingerprint density at radius 2 is 0.860 bits per heavy atom. The fourth-order valence-corrected chi connectivity index (χ4v) is 7.84.